The topological polar surface area (TPSA) is 43.4 Å². The molecular formula is C11H22NO2S-. The van der Waals surface area contributed by atoms with E-state index in [2.05, 4.69) is 34.6 Å². The van der Waals surface area contributed by atoms with Crippen LogP contribution in [0.1, 0.15) is 41.0 Å². The van der Waals surface area contributed by atoms with E-state index in [1.54, 1.807) is 4.31 Å². The van der Waals surface area contributed by atoms with Gasteiger partial charge in [0.15, 0.2) is 0 Å². The summed E-state index contributed by atoms with van der Waals surface area (Å²) in [5.74, 6) is 0.852. The van der Waals surface area contributed by atoms with Crippen LogP contribution in [0.2, 0.25) is 0 Å². The van der Waals surface area contributed by atoms with E-state index in [4.69, 9.17) is 0 Å². The van der Waals surface area contributed by atoms with Gasteiger partial charge >= 0.3 is 0 Å². The van der Waals surface area contributed by atoms with Crippen molar-refractivity contribution in [1.29, 1.82) is 0 Å². The first kappa shape index (κ1) is 13.1. The molecule has 0 N–H and O–H groups in total. The van der Waals surface area contributed by atoms with Crippen LogP contribution in [0.15, 0.2) is 0 Å². The maximum atomic E-state index is 11.1. The van der Waals surface area contributed by atoms with Crippen molar-refractivity contribution in [2.45, 2.75) is 47.1 Å². The van der Waals surface area contributed by atoms with Crippen molar-refractivity contribution in [1.82, 2.24) is 4.31 Å². The van der Waals surface area contributed by atoms with E-state index in [9.17, 15) is 8.76 Å². The summed E-state index contributed by atoms with van der Waals surface area (Å²) in [7, 11) is 0. The van der Waals surface area contributed by atoms with Crippen molar-refractivity contribution in [3.63, 3.8) is 0 Å². The summed E-state index contributed by atoms with van der Waals surface area (Å²) in [5.41, 5.74) is 0.184. The molecule has 3 unspecified atom stereocenters. The van der Waals surface area contributed by atoms with Gasteiger partial charge in [0.1, 0.15) is 0 Å². The molecule has 1 saturated heterocycles. The molecule has 0 radical (unpaired) electrons. The zero-order valence-electron chi connectivity index (χ0n) is 10.3. The molecular weight excluding hydrogens is 210 g/mol. The molecule has 0 aromatic rings. The summed E-state index contributed by atoms with van der Waals surface area (Å²) < 4.78 is 23.9. The Morgan fingerprint density at radius 2 is 1.93 bits per heavy atom. The van der Waals surface area contributed by atoms with Crippen molar-refractivity contribution >= 4 is 11.3 Å². The Balaban J connectivity index is 2.90. The predicted octanol–water partition coefficient (Wildman–Crippen LogP) is 2.17. The first-order valence-electron chi connectivity index (χ1n) is 5.61. The van der Waals surface area contributed by atoms with E-state index in [1.807, 2.05) is 0 Å². The monoisotopic (exact) mass is 232 g/mol. The maximum absolute atomic E-state index is 11.1. The molecule has 1 fully saturated rings. The molecule has 4 heteroatoms. The minimum atomic E-state index is -2.06. The second-order valence-electron chi connectivity index (χ2n) is 5.85. The second-order valence-corrected chi connectivity index (χ2v) is 6.76. The Hall–Kier alpha value is 0.0700. The van der Waals surface area contributed by atoms with Crippen LogP contribution < -0.4 is 0 Å². The molecule has 0 bridgehead atoms. The molecule has 1 heterocycles. The number of nitrogens with zero attached hydrogens (tertiary/aromatic N) is 1. The van der Waals surface area contributed by atoms with Gasteiger partial charge in [0.25, 0.3) is 0 Å². The normalized spacial score (nSPS) is 31.1. The van der Waals surface area contributed by atoms with Gasteiger partial charge < -0.3 is 4.55 Å². The highest BCUT2D eigenvalue weighted by atomic mass is 32.2. The van der Waals surface area contributed by atoms with Gasteiger partial charge in [-0.05, 0) is 23.7 Å². The molecule has 0 aliphatic carbocycles. The third-order valence-electron chi connectivity index (χ3n) is 3.39. The molecule has 0 amide bonds. The average Bonchev–Trinajstić information content (AvgIpc) is 2.45. The van der Waals surface area contributed by atoms with Crippen LogP contribution in [0.4, 0.5) is 0 Å². The first-order valence-corrected chi connectivity index (χ1v) is 6.64. The smallest absolute Gasteiger partial charge is 0.0271 e. The van der Waals surface area contributed by atoms with Gasteiger partial charge in [-0.15, -0.1) is 0 Å². The summed E-state index contributed by atoms with van der Waals surface area (Å²) in [5, 5.41) is 0. The summed E-state index contributed by atoms with van der Waals surface area (Å²) >= 11 is -2.06. The largest absolute Gasteiger partial charge is 0.760 e. The van der Waals surface area contributed by atoms with Gasteiger partial charge in [-0.25, -0.2) is 4.31 Å². The van der Waals surface area contributed by atoms with Crippen LogP contribution in [0.3, 0.4) is 0 Å². The highest BCUT2D eigenvalue weighted by molar-refractivity contribution is 7.76. The summed E-state index contributed by atoms with van der Waals surface area (Å²) in [6.45, 7) is 11.5. The van der Waals surface area contributed by atoms with E-state index < -0.39 is 11.3 Å². The van der Waals surface area contributed by atoms with E-state index in [0.29, 0.717) is 18.4 Å². The lowest BCUT2D eigenvalue weighted by molar-refractivity contribution is 0.156. The lowest BCUT2D eigenvalue weighted by atomic mass is 9.73. The Bertz CT molecular complexity index is 247. The Morgan fingerprint density at radius 1 is 1.40 bits per heavy atom. The van der Waals surface area contributed by atoms with Crippen molar-refractivity contribution in [3.05, 3.63) is 0 Å². The summed E-state index contributed by atoms with van der Waals surface area (Å²) in [6, 6.07) is 0.170. The molecule has 3 nitrogen and oxygen atoms in total. The molecule has 0 aromatic carbocycles. The fraction of sp³-hybridized carbons (Fsp3) is 1.00. The fourth-order valence-corrected chi connectivity index (χ4v) is 3.55. The fourth-order valence-electron chi connectivity index (χ4n) is 2.70. The third kappa shape index (κ3) is 2.80. The van der Waals surface area contributed by atoms with Crippen molar-refractivity contribution in [2.24, 2.45) is 17.3 Å². The second kappa shape index (κ2) is 4.52. The van der Waals surface area contributed by atoms with Gasteiger partial charge in [0.05, 0.1) is 0 Å². The summed E-state index contributed by atoms with van der Waals surface area (Å²) in [4.78, 5) is 0. The summed E-state index contributed by atoms with van der Waals surface area (Å²) in [6.07, 6.45) is 0.986. The maximum Gasteiger partial charge on any atom is 0.0271 e. The molecule has 0 spiro atoms. The van der Waals surface area contributed by atoms with Gasteiger partial charge in [-0.2, -0.15) is 0 Å². The zero-order chi connectivity index (χ0) is 11.8. The standard InChI is InChI=1S/C11H23NO2S/c1-8(2)10-9(11(3,4)5)6-7-12(10)15(13)14/h8-10H,6-7H2,1-5H3,(H,13,14)/p-1. The average molecular weight is 232 g/mol. The van der Waals surface area contributed by atoms with Crippen molar-refractivity contribution in [2.75, 3.05) is 6.54 Å². The molecule has 0 saturated carbocycles. The van der Waals surface area contributed by atoms with E-state index >= 15 is 0 Å². The van der Waals surface area contributed by atoms with E-state index in [0.717, 1.165) is 6.42 Å². The van der Waals surface area contributed by atoms with Crippen LogP contribution in [0.25, 0.3) is 0 Å². The predicted molar refractivity (Wildman–Crippen MR) is 61.8 cm³/mol. The SMILES string of the molecule is CC(C)C1C(C(C)(C)C)CCN1S(=O)[O-]. The lowest BCUT2D eigenvalue weighted by Crippen LogP contribution is -2.41. The van der Waals surface area contributed by atoms with Gasteiger partial charge in [-0.3, -0.25) is 4.21 Å². The molecule has 3 atom stereocenters. The highest BCUT2D eigenvalue weighted by Gasteiger charge is 2.42. The highest BCUT2D eigenvalue weighted by Crippen LogP contribution is 2.41. The molecule has 1 rings (SSSR count). The van der Waals surface area contributed by atoms with Crippen molar-refractivity contribution in [3.8, 4) is 0 Å². The minimum absolute atomic E-state index is 0.170. The Morgan fingerprint density at radius 3 is 2.27 bits per heavy atom. The zero-order valence-corrected chi connectivity index (χ0v) is 11.1. The van der Waals surface area contributed by atoms with Crippen LogP contribution in [-0.4, -0.2) is 25.7 Å². The van der Waals surface area contributed by atoms with E-state index in [-0.39, 0.29) is 11.5 Å². The van der Waals surface area contributed by atoms with Crippen LogP contribution in [-0.2, 0) is 11.3 Å². The minimum Gasteiger partial charge on any atom is -0.760 e. The van der Waals surface area contributed by atoms with Gasteiger partial charge in [0.2, 0.25) is 0 Å². The van der Waals surface area contributed by atoms with Crippen molar-refractivity contribution < 1.29 is 8.76 Å². The van der Waals surface area contributed by atoms with E-state index in [1.165, 1.54) is 0 Å². The molecule has 1 aliphatic heterocycles. The van der Waals surface area contributed by atoms with Gasteiger partial charge in [0, 0.05) is 23.9 Å². The molecule has 90 valence electrons. The van der Waals surface area contributed by atoms with Crippen LogP contribution in [0, 0.1) is 17.3 Å². The Labute approximate surface area is 95.7 Å². The Kier molecular flexibility index (Phi) is 3.95. The van der Waals surface area contributed by atoms with Crippen LogP contribution in [0.5, 0.6) is 0 Å². The molecule has 1 aliphatic rings. The number of hydrogen-bond donors (Lipinski definition) is 0. The third-order valence-corrected chi connectivity index (χ3v) is 4.20. The number of rotatable bonds is 2. The first-order chi connectivity index (χ1) is 6.75. The molecule has 15 heavy (non-hydrogen) atoms. The molecule has 0 aromatic heterocycles. The van der Waals surface area contributed by atoms with Gasteiger partial charge in [-0.1, -0.05) is 34.6 Å². The number of hydrogen-bond acceptors (Lipinski definition) is 2. The lowest BCUT2D eigenvalue weighted by Gasteiger charge is -2.38. The quantitative estimate of drug-likeness (QED) is 0.685. The van der Waals surface area contributed by atoms with Crippen LogP contribution >= 0.6 is 0 Å².